The van der Waals surface area contributed by atoms with E-state index in [4.69, 9.17) is 4.74 Å². The maximum Gasteiger partial charge on any atom is 0.314 e. The fraction of sp³-hybridized carbons (Fsp3) is 0.286. The van der Waals surface area contributed by atoms with Crippen molar-refractivity contribution in [1.29, 1.82) is 0 Å². The molecule has 3 rings (SSSR count). The number of rotatable bonds is 8. The number of ether oxygens (including phenoxy) is 1. The number of aryl methyl sites for hydroxylation is 1. The number of benzene rings is 2. The Bertz CT molecular complexity index is 857. The minimum atomic E-state index is -0.169. The Morgan fingerprint density at radius 2 is 1.77 bits per heavy atom. The molecule has 2 amide bonds. The molecule has 0 aliphatic rings. The first kappa shape index (κ1) is 17.9. The molecule has 0 fully saturated rings. The zero-order valence-electron chi connectivity index (χ0n) is 15.0. The van der Waals surface area contributed by atoms with Gasteiger partial charge in [0.05, 0.1) is 6.54 Å². The summed E-state index contributed by atoms with van der Waals surface area (Å²) >= 11 is 0. The Hall–Kier alpha value is -2.95. The number of urea groups is 1. The molecule has 0 saturated heterocycles. The van der Waals surface area contributed by atoms with Crippen LogP contribution in [0, 0.1) is 0 Å². The largest absolute Gasteiger partial charge is 0.491 e. The van der Waals surface area contributed by atoms with Gasteiger partial charge in [-0.2, -0.15) is 0 Å². The van der Waals surface area contributed by atoms with Crippen molar-refractivity contribution < 1.29 is 9.53 Å². The van der Waals surface area contributed by atoms with E-state index in [2.05, 4.69) is 40.7 Å². The third kappa shape index (κ3) is 4.57. The van der Waals surface area contributed by atoms with Crippen molar-refractivity contribution in [3.05, 3.63) is 65.9 Å². The van der Waals surface area contributed by atoms with Crippen LogP contribution in [0.1, 0.15) is 18.1 Å². The van der Waals surface area contributed by atoms with Crippen molar-refractivity contribution in [3.8, 4) is 5.75 Å². The normalized spacial score (nSPS) is 10.7. The second-order valence-electron chi connectivity index (χ2n) is 6.10. The van der Waals surface area contributed by atoms with Gasteiger partial charge in [-0.15, -0.1) is 0 Å². The predicted molar refractivity (Wildman–Crippen MR) is 105 cm³/mol. The Labute approximate surface area is 153 Å². The van der Waals surface area contributed by atoms with Crippen molar-refractivity contribution in [2.75, 3.05) is 19.7 Å². The highest BCUT2D eigenvalue weighted by Crippen LogP contribution is 2.18. The summed E-state index contributed by atoms with van der Waals surface area (Å²) in [7, 11) is 0. The number of amides is 2. The van der Waals surface area contributed by atoms with Crippen LogP contribution in [0.15, 0.2) is 54.7 Å². The van der Waals surface area contributed by atoms with Crippen LogP contribution in [0.2, 0.25) is 0 Å². The average molecular weight is 351 g/mol. The van der Waals surface area contributed by atoms with Gasteiger partial charge < -0.3 is 20.4 Å². The summed E-state index contributed by atoms with van der Waals surface area (Å²) in [5.74, 6) is 0.886. The second-order valence-corrected chi connectivity index (χ2v) is 6.10. The molecule has 0 aliphatic carbocycles. The SMILES string of the molecule is CCc1ccccc1OCCNC(=O)NCCc1c[nH]c2ccccc12. The predicted octanol–water partition coefficient (Wildman–Crippen LogP) is 3.65. The van der Waals surface area contributed by atoms with Gasteiger partial charge in [0.1, 0.15) is 12.4 Å². The summed E-state index contributed by atoms with van der Waals surface area (Å²) in [6.45, 7) is 3.61. The summed E-state index contributed by atoms with van der Waals surface area (Å²) in [4.78, 5) is 15.1. The van der Waals surface area contributed by atoms with Gasteiger partial charge >= 0.3 is 6.03 Å². The standard InChI is InChI=1S/C21H25N3O2/c1-2-16-7-3-6-10-20(16)26-14-13-23-21(25)22-12-11-17-15-24-19-9-5-4-8-18(17)19/h3-10,15,24H,2,11-14H2,1H3,(H2,22,23,25). The van der Waals surface area contributed by atoms with Crippen LogP contribution < -0.4 is 15.4 Å². The van der Waals surface area contributed by atoms with Crippen LogP contribution >= 0.6 is 0 Å². The Kier molecular flexibility index (Phi) is 6.14. The first-order valence-corrected chi connectivity index (χ1v) is 9.05. The van der Waals surface area contributed by atoms with Gasteiger partial charge in [0.15, 0.2) is 0 Å². The fourth-order valence-corrected chi connectivity index (χ4v) is 2.97. The molecule has 26 heavy (non-hydrogen) atoms. The molecule has 3 aromatic rings. The monoisotopic (exact) mass is 351 g/mol. The molecule has 136 valence electrons. The number of fused-ring (bicyclic) bond motifs is 1. The lowest BCUT2D eigenvalue weighted by atomic mass is 10.1. The van der Waals surface area contributed by atoms with Gasteiger partial charge in [0.25, 0.3) is 0 Å². The topological polar surface area (TPSA) is 66.2 Å². The molecule has 0 spiro atoms. The van der Waals surface area contributed by atoms with Gasteiger partial charge in [0.2, 0.25) is 0 Å². The number of para-hydroxylation sites is 2. The Morgan fingerprint density at radius 1 is 1.00 bits per heavy atom. The van der Waals surface area contributed by atoms with E-state index in [9.17, 15) is 4.79 Å². The second kappa shape index (κ2) is 8.94. The maximum absolute atomic E-state index is 11.9. The number of aromatic nitrogens is 1. The molecule has 2 aromatic carbocycles. The third-order valence-corrected chi connectivity index (χ3v) is 4.35. The van der Waals surface area contributed by atoms with Crippen LogP contribution in [0.4, 0.5) is 4.79 Å². The molecule has 0 bridgehead atoms. The first-order chi connectivity index (χ1) is 12.8. The molecule has 3 N–H and O–H groups in total. The van der Waals surface area contributed by atoms with Gasteiger partial charge in [-0.05, 0) is 36.1 Å². The fourth-order valence-electron chi connectivity index (χ4n) is 2.97. The van der Waals surface area contributed by atoms with E-state index in [1.807, 2.05) is 36.5 Å². The zero-order chi connectivity index (χ0) is 18.2. The van der Waals surface area contributed by atoms with Gasteiger partial charge in [-0.3, -0.25) is 0 Å². The Balaban J connectivity index is 1.35. The van der Waals surface area contributed by atoms with Crippen LogP contribution in [-0.4, -0.2) is 30.7 Å². The van der Waals surface area contributed by atoms with Crippen molar-refractivity contribution in [3.63, 3.8) is 0 Å². The van der Waals surface area contributed by atoms with Crippen molar-refractivity contribution in [2.24, 2.45) is 0 Å². The molecule has 1 heterocycles. The molecular formula is C21H25N3O2. The molecule has 0 radical (unpaired) electrons. The van der Waals surface area contributed by atoms with E-state index in [0.29, 0.717) is 19.7 Å². The van der Waals surface area contributed by atoms with E-state index >= 15 is 0 Å². The number of H-pyrrole nitrogens is 1. The Morgan fingerprint density at radius 3 is 2.65 bits per heavy atom. The van der Waals surface area contributed by atoms with Crippen LogP contribution in [0.5, 0.6) is 5.75 Å². The highest BCUT2D eigenvalue weighted by Gasteiger charge is 2.05. The van der Waals surface area contributed by atoms with Crippen molar-refractivity contribution in [2.45, 2.75) is 19.8 Å². The molecule has 1 aromatic heterocycles. The number of aromatic amines is 1. The van der Waals surface area contributed by atoms with Crippen LogP contribution in [-0.2, 0) is 12.8 Å². The lowest BCUT2D eigenvalue weighted by molar-refractivity contribution is 0.236. The average Bonchev–Trinajstić information content (AvgIpc) is 3.09. The molecule has 5 nitrogen and oxygen atoms in total. The van der Waals surface area contributed by atoms with Crippen molar-refractivity contribution in [1.82, 2.24) is 15.6 Å². The number of nitrogens with one attached hydrogen (secondary N) is 3. The number of carbonyl (C=O) groups is 1. The molecule has 0 saturated carbocycles. The van der Waals surface area contributed by atoms with Crippen molar-refractivity contribution >= 4 is 16.9 Å². The molecule has 5 heteroatoms. The van der Waals surface area contributed by atoms with Crippen LogP contribution in [0.3, 0.4) is 0 Å². The summed E-state index contributed by atoms with van der Waals surface area (Å²) in [6, 6.07) is 16.0. The summed E-state index contributed by atoms with van der Waals surface area (Å²) < 4.78 is 5.74. The highest BCUT2D eigenvalue weighted by molar-refractivity contribution is 5.83. The summed E-state index contributed by atoms with van der Waals surface area (Å²) in [6.07, 6.45) is 3.72. The van der Waals surface area contributed by atoms with E-state index in [1.165, 1.54) is 16.5 Å². The molecular weight excluding hydrogens is 326 g/mol. The maximum atomic E-state index is 11.9. The summed E-state index contributed by atoms with van der Waals surface area (Å²) in [5.41, 5.74) is 3.51. The molecule has 0 aliphatic heterocycles. The summed E-state index contributed by atoms with van der Waals surface area (Å²) in [5, 5.41) is 6.92. The van der Waals surface area contributed by atoms with Gasteiger partial charge in [-0.1, -0.05) is 43.3 Å². The van der Waals surface area contributed by atoms with E-state index in [0.717, 1.165) is 24.1 Å². The minimum Gasteiger partial charge on any atom is -0.491 e. The minimum absolute atomic E-state index is 0.169. The van der Waals surface area contributed by atoms with Gasteiger partial charge in [0, 0.05) is 23.6 Å². The zero-order valence-corrected chi connectivity index (χ0v) is 15.0. The third-order valence-electron chi connectivity index (χ3n) is 4.35. The molecule has 0 unspecified atom stereocenters. The first-order valence-electron chi connectivity index (χ1n) is 9.05. The quantitative estimate of drug-likeness (QED) is 0.542. The van der Waals surface area contributed by atoms with E-state index in [-0.39, 0.29) is 6.03 Å². The van der Waals surface area contributed by atoms with Crippen LogP contribution in [0.25, 0.3) is 10.9 Å². The smallest absolute Gasteiger partial charge is 0.314 e. The lowest BCUT2D eigenvalue weighted by Crippen LogP contribution is -2.38. The molecule has 0 atom stereocenters. The van der Waals surface area contributed by atoms with E-state index in [1.54, 1.807) is 0 Å². The lowest BCUT2D eigenvalue weighted by Gasteiger charge is -2.11. The number of hydrogen-bond donors (Lipinski definition) is 3. The number of carbonyl (C=O) groups excluding carboxylic acids is 1. The highest BCUT2D eigenvalue weighted by atomic mass is 16.5. The number of hydrogen-bond acceptors (Lipinski definition) is 2. The van der Waals surface area contributed by atoms with Gasteiger partial charge in [-0.25, -0.2) is 4.79 Å². The van der Waals surface area contributed by atoms with E-state index < -0.39 is 0 Å².